The van der Waals surface area contributed by atoms with Crippen LogP contribution in [-0.2, 0) is 14.8 Å². The molecule has 7 heteroatoms. The van der Waals surface area contributed by atoms with Gasteiger partial charge in [-0.15, -0.1) is 0 Å². The van der Waals surface area contributed by atoms with E-state index in [1.165, 1.54) is 4.31 Å². The third kappa shape index (κ3) is 4.84. The van der Waals surface area contributed by atoms with Crippen molar-refractivity contribution in [2.45, 2.75) is 57.9 Å². The number of nitrogens with one attached hydrogen (secondary N) is 1. The van der Waals surface area contributed by atoms with Gasteiger partial charge in [-0.2, -0.15) is 4.31 Å². The largest absolute Gasteiger partial charge is 0.354 e. The first-order chi connectivity index (χ1) is 11.9. The number of nitrogens with two attached hydrogens (primary N) is 1. The number of carbonyl (C=O) groups excluding carboxylic acids is 1. The highest BCUT2D eigenvalue weighted by Gasteiger charge is 2.33. The molecular formula is C19H31N3O3S. The maximum Gasteiger partial charge on any atom is 0.243 e. The molecule has 146 valence electrons. The van der Waals surface area contributed by atoms with Crippen molar-refractivity contribution in [2.75, 3.05) is 19.6 Å². The van der Waals surface area contributed by atoms with Crippen LogP contribution < -0.4 is 11.1 Å². The number of aryl methyl sites for hydroxylation is 3. The second-order valence-electron chi connectivity index (χ2n) is 8.11. The molecule has 1 heterocycles. The lowest BCUT2D eigenvalue weighted by atomic mass is 9.96. The highest BCUT2D eigenvalue weighted by molar-refractivity contribution is 7.89. The minimum absolute atomic E-state index is 0.0386. The van der Waals surface area contributed by atoms with Gasteiger partial charge < -0.3 is 11.1 Å². The minimum Gasteiger partial charge on any atom is -0.354 e. The molecular weight excluding hydrogens is 350 g/mol. The number of nitrogens with zero attached hydrogens (tertiary/aromatic N) is 1. The zero-order chi connectivity index (χ0) is 19.7. The normalized spacial score (nSPS) is 17.3. The molecule has 0 bridgehead atoms. The summed E-state index contributed by atoms with van der Waals surface area (Å²) in [6, 6.07) is 3.79. The summed E-state index contributed by atoms with van der Waals surface area (Å²) >= 11 is 0. The number of benzene rings is 1. The van der Waals surface area contributed by atoms with Crippen LogP contribution in [0.15, 0.2) is 17.0 Å². The van der Waals surface area contributed by atoms with Crippen LogP contribution in [0.25, 0.3) is 0 Å². The molecule has 2 rings (SSSR count). The van der Waals surface area contributed by atoms with Crippen molar-refractivity contribution in [2.24, 2.45) is 11.7 Å². The van der Waals surface area contributed by atoms with Crippen molar-refractivity contribution in [3.05, 3.63) is 28.8 Å². The first kappa shape index (κ1) is 20.9. The molecule has 1 aromatic carbocycles. The SMILES string of the molecule is Cc1cc(C)c(S(=O)(=O)N2CCC(C(=O)NCC(C)(C)N)CC2)c(C)c1. The molecule has 1 amide bonds. The van der Waals surface area contributed by atoms with E-state index in [1.807, 2.05) is 46.8 Å². The zero-order valence-electron chi connectivity index (χ0n) is 16.4. The lowest BCUT2D eigenvalue weighted by Gasteiger charge is -2.32. The standard InChI is InChI=1S/C19H31N3O3S/c1-13-10-14(2)17(15(3)11-13)26(24,25)22-8-6-16(7-9-22)18(23)21-12-19(4,5)20/h10-11,16H,6-9,12,20H2,1-5H3,(H,21,23). The predicted octanol–water partition coefficient (Wildman–Crippen LogP) is 1.87. The van der Waals surface area contributed by atoms with Crippen molar-refractivity contribution in [3.63, 3.8) is 0 Å². The summed E-state index contributed by atoms with van der Waals surface area (Å²) in [5.74, 6) is -0.202. The van der Waals surface area contributed by atoms with Gasteiger partial charge in [0, 0.05) is 31.1 Å². The molecule has 6 nitrogen and oxygen atoms in total. The van der Waals surface area contributed by atoms with Crippen molar-refractivity contribution in [3.8, 4) is 0 Å². The number of amides is 1. The van der Waals surface area contributed by atoms with Crippen LogP contribution in [-0.4, -0.2) is 43.8 Å². The van der Waals surface area contributed by atoms with Gasteiger partial charge in [-0.25, -0.2) is 8.42 Å². The van der Waals surface area contributed by atoms with Crippen LogP contribution in [0.4, 0.5) is 0 Å². The third-order valence-electron chi connectivity index (χ3n) is 4.75. The summed E-state index contributed by atoms with van der Waals surface area (Å²) in [6.07, 6.45) is 1.06. The number of sulfonamides is 1. The van der Waals surface area contributed by atoms with Crippen molar-refractivity contribution in [1.29, 1.82) is 0 Å². The van der Waals surface area contributed by atoms with E-state index < -0.39 is 15.6 Å². The molecule has 26 heavy (non-hydrogen) atoms. The Labute approximate surface area is 157 Å². The van der Waals surface area contributed by atoms with Crippen LogP contribution in [0.3, 0.4) is 0 Å². The molecule has 3 N–H and O–H groups in total. The molecule has 1 aromatic rings. The van der Waals surface area contributed by atoms with E-state index >= 15 is 0 Å². The second kappa shape index (κ2) is 7.66. The van der Waals surface area contributed by atoms with E-state index in [4.69, 9.17) is 5.73 Å². The summed E-state index contributed by atoms with van der Waals surface area (Å²) in [6.45, 7) is 10.5. The first-order valence-corrected chi connectivity index (χ1v) is 10.5. The van der Waals surface area contributed by atoms with Gasteiger partial charge >= 0.3 is 0 Å². The van der Waals surface area contributed by atoms with Crippen LogP contribution in [0.2, 0.25) is 0 Å². The molecule has 0 saturated carbocycles. The molecule has 1 aliphatic rings. The molecule has 0 unspecified atom stereocenters. The molecule has 0 atom stereocenters. The highest BCUT2D eigenvalue weighted by Crippen LogP contribution is 2.28. The van der Waals surface area contributed by atoms with Gasteiger partial charge in [0.1, 0.15) is 0 Å². The van der Waals surface area contributed by atoms with E-state index in [2.05, 4.69) is 5.32 Å². The Balaban J connectivity index is 2.06. The Hall–Kier alpha value is -1.44. The Morgan fingerprint density at radius 3 is 2.15 bits per heavy atom. The first-order valence-electron chi connectivity index (χ1n) is 9.06. The summed E-state index contributed by atoms with van der Waals surface area (Å²) in [5, 5.41) is 2.87. The van der Waals surface area contributed by atoms with Gasteiger partial charge in [0.25, 0.3) is 0 Å². The predicted molar refractivity (Wildman–Crippen MR) is 103 cm³/mol. The Morgan fingerprint density at radius 1 is 1.19 bits per heavy atom. The molecule has 0 spiro atoms. The quantitative estimate of drug-likeness (QED) is 0.814. The van der Waals surface area contributed by atoms with E-state index in [0.717, 1.165) is 16.7 Å². The van der Waals surface area contributed by atoms with Crippen molar-refractivity contribution in [1.82, 2.24) is 9.62 Å². The Morgan fingerprint density at radius 2 is 1.69 bits per heavy atom. The second-order valence-corrected chi connectivity index (χ2v) is 9.99. The summed E-state index contributed by atoms with van der Waals surface area (Å²) in [5.41, 5.74) is 8.03. The molecule has 0 radical (unpaired) electrons. The van der Waals surface area contributed by atoms with Gasteiger partial charge in [0.05, 0.1) is 4.90 Å². The number of carbonyl (C=O) groups is 1. The van der Waals surface area contributed by atoms with E-state index in [1.54, 1.807) is 0 Å². The lowest BCUT2D eigenvalue weighted by Crippen LogP contribution is -2.48. The summed E-state index contributed by atoms with van der Waals surface area (Å²) in [7, 11) is -3.54. The maximum absolute atomic E-state index is 13.1. The fraction of sp³-hybridized carbons (Fsp3) is 0.632. The van der Waals surface area contributed by atoms with Gasteiger partial charge in [-0.05, 0) is 58.6 Å². The van der Waals surface area contributed by atoms with Gasteiger partial charge in [-0.1, -0.05) is 17.7 Å². The Kier molecular flexibility index (Phi) is 6.15. The average Bonchev–Trinajstić information content (AvgIpc) is 2.50. The van der Waals surface area contributed by atoms with Crippen LogP contribution in [0.5, 0.6) is 0 Å². The average molecular weight is 382 g/mol. The molecule has 0 aliphatic carbocycles. The number of piperidine rings is 1. The fourth-order valence-electron chi connectivity index (χ4n) is 3.52. The number of rotatable bonds is 5. The minimum atomic E-state index is -3.54. The van der Waals surface area contributed by atoms with Gasteiger partial charge in [0.15, 0.2) is 0 Å². The van der Waals surface area contributed by atoms with Crippen LogP contribution >= 0.6 is 0 Å². The van der Waals surface area contributed by atoms with Crippen LogP contribution in [0.1, 0.15) is 43.4 Å². The van der Waals surface area contributed by atoms with Crippen molar-refractivity contribution < 1.29 is 13.2 Å². The fourth-order valence-corrected chi connectivity index (χ4v) is 5.40. The molecule has 0 aromatic heterocycles. The molecule has 1 fully saturated rings. The lowest BCUT2D eigenvalue weighted by molar-refractivity contribution is -0.126. The Bertz CT molecular complexity index is 751. The number of hydrogen-bond acceptors (Lipinski definition) is 4. The van der Waals surface area contributed by atoms with E-state index in [-0.39, 0.29) is 11.8 Å². The molecule has 1 saturated heterocycles. The summed E-state index contributed by atoms with van der Waals surface area (Å²) in [4.78, 5) is 12.7. The van der Waals surface area contributed by atoms with E-state index in [0.29, 0.717) is 37.4 Å². The summed E-state index contributed by atoms with van der Waals surface area (Å²) < 4.78 is 27.7. The smallest absolute Gasteiger partial charge is 0.243 e. The van der Waals surface area contributed by atoms with Crippen molar-refractivity contribution >= 4 is 15.9 Å². The van der Waals surface area contributed by atoms with Crippen LogP contribution in [0, 0.1) is 26.7 Å². The third-order valence-corrected chi connectivity index (χ3v) is 6.95. The molecule has 1 aliphatic heterocycles. The number of hydrogen-bond donors (Lipinski definition) is 2. The highest BCUT2D eigenvalue weighted by atomic mass is 32.2. The van der Waals surface area contributed by atoms with Gasteiger partial charge in [0.2, 0.25) is 15.9 Å². The monoisotopic (exact) mass is 381 g/mol. The zero-order valence-corrected chi connectivity index (χ0v) is 17.2. The topological polar surface area (TPSA) is 92.5 Å². The maximum atomic E-state index is 13.1. The van der Waals surface area contributed by atoms with E-state index in [9.17, 15) is 13.2 Å². The van der Waals surface area contributed by atoms with Gasteiger partial charge in [-0.3, -0.25) is 4.79 Å².